The van der Waals surface area contributed by atoms with E-state index >= 15 is 0 Å². The molecule has 0 aliphatic carbocycles. The van der Waals surface area contributed by atoms with Crippen LogP contribution in [0.4, 0.5) is 10.6 Å². The maximum absolute atomic E-state index is 12.6. The zero-order chi connectivity index (χ0) is 17.0. The van der Waals surface area contributed by atoms with Crippen LogP contribution in [0, 0.1) is 11.8 Å². The van der Waals surface area contributed by atoms with Gasteiger partial charge in [-0.1, -0.05) is 27.7 Å². The van der Waals surface area contributed by atoms with E-state index in [4.69, 9.17) is 0 Å². The largest absolute Gasteiger partial charge is 0.324 e. The highest BCUT2D eigenvalue weighted by Crippen LogP contribution is 2.22. The van der Waals surface area contributed by atoms with Gasteiger partial charge in [-0.2, -0.15) is 5.10 Å². The SMILES string of the molecule is CCN1CC[C@@H](N(C)C(=O)Nc2ccnn2CC(C)C)[C@H](C)C1. The minimum atomic E-state index is -0.0442. The van der Waals surface area contributed by atoms with Gasteiger partial charge in [-0.15, -0.1) is 0 Å². The summed E-state index contributed by atoms with van der Waals surface area (Å²) in [5, 5.41) is 7.31. The van der Waals surface area contributed by atoms with E-state index in [1.165, 1.54) is 0 Å². The predicted octanol–water partition coefficient (Wildman–Crippen LogP) is 2.73. The Balaban J connectivity index is 1.96. The van der Waals surface area contributed by atoms with Gasteiger partial charge in [0.15, 0.2) is 0 Å². The Morgan fingerprint density at radius 3 is 2.87 bits per heavy atom. The van der Waals surface area contributed by atoms with Crippen molar-refractivity contribution in [1.82, 2.24) is 19.6 Å². The molecule has 0 unspecified atom stereocenters. The van der Waals surface area contributed by atoms with Gasteiger partial charge in [-0.05, 0) is 24.8 Å². The maximum atomic E-state index is 12.6. The minimum absolute atomic E-state index is 0.0442. The van der Waals surface area contributed by atoms with Crippen LogP contribution in [0.2, 0.25) is 0 Å². The van der Waals surface area contributed by atoms with Crippen molar-refractivity contribution in [2.75, 3.05) is 32.0 Å². The number of nitrogens with zero attached hydrogens (tertiary/aromatic N) is 4. The molecule has 2 atom stereocenters. The molecule has 1 fully saturated rings. The lowest BCUT2D eigenvalue weighted by Gasteiger charge is -2.40. The molecule has 0 saturated carbocycles. The van der Waals surface area contributed by atoms with Crippen LogP contribution in [0.5, 0.6) is 0 Å². The number of carbonyl (C=O) groups is 1. The third-order valence-corrected chi connectivity index (χ3v) is 4.70. The van der Waals surface area contributed by atoms with Crippen molar-refractivity contribution >= 4 is 11.8 Å². The van der Waals surface area contributed by atoms with Gasteiger partial charge in [0.2, 0.25) is 0 Å². The topological polar surface area (TPSA) is 53.4 Å². The quantitative estimate of drug-likeness (QED) is 0.907. The van der Waals surface area contributed by atoms with Crippen LogP contribution in [0.3, 0.4) is 0 Å². The number of nitrogens with one attached hydrogen (secondary N) is 1. The smallest absolute Gasteiger partial charge is 0.323 e. The van der Waals surface area contributed by atoms with E-state index in [1.54, 1.807) is 6.20 Å². The number of piperidine rings is 1. The fourth-order valence-corrected chi connectivity index (χ4v) is 3.36. The van der Waals surface area contributed by atoms with E-state index in [0.717, 1.165) is 38.4 Å². The first-order chi connectivity index (χ1) is 10.9. The van der Waals surface area contributed by atoms with Crippen LogP contribution >= 0.6 is 0 Å². The Morgan fingerprint density at radius 2 is 2.26 bits per heavy atom. The number of rotatable bonds is 5. The van der Waals surface area contributed by atoms with Crippen LogP contribution in [0.25, 0.3) is 0 Å². The van der Waals surface area contributed by atoms with Crippen LogP contribution in [0.15, 0.2) is 12.3 Å². The molecule has 130 valence electrons. The van der Waals surface area contributed by atoms with Crippen molar-refractivity contribution in [2.45, 2.75) is 46.7 Å². The van der Waals surface area contributed by atoms with Crippen LogP contribution in [-0.4, -0.2) is 58.3 Å². The molecule has 23 heavy (non-hydrogen) atoms. The summed E-state index contributed by atoms with van der Waals surface area (Å²) in [6.45, 7) is 12.7. The monoisotopic (exact) mass is 321 g/mol. The van der Waals surface area contributed by atoms with Gasteiger partial charge in [0.05, 0.1) is 6.20 Å². The van der Waals surface area contributed by atoms with Crippen molar-refractivity contribution in [2.24, 2.45) is 11.8 Å². The Kier molecular flexibility index (Phi) is 6.04. The first kappa shape index (κ1) is 17.8. The predicted molar refractivity (Wildman–Crippen MR) is 93.5 cm³/mol. The second-order valence-corrected chi connectivity index (χ2v) is 7.06. The van der Waals surface area contributed by atoms with Gasteiger partial charge in [0.25, 0.3) is 0 Å². The van der Waals surface area contributed by atoms with Gasteiger partial charge in [0, 0.05) is 38.8 Å². The summed E-state index contributed by atoms with van der Waals surface area (Å²) < 4.78 is 1.86. The molecule has 0 aromatic carbocycles. The molecule has 1 aliphatic rings. The highest BCUT2D eigenvalue weighted by Gasteiger charge is 2.30. The normalized spacial score (nSPS) is 22.3. The molecule has 0 bridgehead atoms. The van der Waals surface area contributed by atoms with E-state index in [2.05, 4.69) is 43.0 Å². The second-order valence-electron chi connectivity index (χ2n) is 7.06. The zero-order valence-electron chi connectivity index (χ0n) is 15.1. The molecule has 2 rings (SSSR count). The summed E-state index contributed by atoms with van der Waals surface area (Å²) in [5.41, 5.74) is 0. The molecular weight excluding hydrogens is 290 g/mol. The van der Waals surface area contributed by atoms with Gasteiger partial charge in [0.1, 0.15) is 5.82 Å². The third-order valence-electron chi connectivity index (χ3n) is 4.70. The number of aromatic nitrogens is 2. The number of anilines is 1. The average molecular weight is 321 g/mol. The molecule has 6 heteroatoms. The summed E-state index contributed by atoms with van der Waals surface area (Å²) >= 11 is 0. The van der Waals surface area contributed by atoms with Crippen molar-refractivity contribution in [3.8, 4) is 0 Å². The lowest BCUT2D eigenvalue weighted by atomic mass is 9.93. The summed E-state index contributed by atoms with van der Waals surface area (Å²) in [5.74, 6) is 1.75. The minimum Gasteiger partial charge on any atom is -0.324 e. The van der Waals surface area contributed by atoms with Crippen LogP contribution < -0.4 is 5.32 Å². The summed E-state index contributed by atoms with van der Waals surface area (Å²) in [6, 6.07) is 2.11. The van der Waals surface area contributed by atoms with Crippen molar-refractivity contribution in [3.05, 3.63) is 12.3 Å². The van der Waals surface area contributed by atoms with Gasteiger partial charge >= 0.3 is 6.03 Å². The van der Waals surface area contributed by atoms with Gasteiger partial charge < -0.3 is 9.80 Å². The average Bonchev–Trinajstić information content (AvgIpc) is 2.92. The Hall–Kier alpha value is -1.56. The molecule has 1 aromatic rings. The van der Waals surface area contributed by atoms with Crippen LogP contribution in [0.1, 0.15) is 34.1 Å². The van der Waals surface area contributed by atoms with Crippen LogP contribution in [-0.2, 0) is 6.54 Å². The van der Waals surface area contributed by atoms with Crippen molar-refractivity contribution in [1.29, 1.82) is 0 Å². The summed E-state index contributed by atoms with van der Waals surface area (Å²) in [7, 11) is 1.90. The summed E-state index contributed by atoms with van der Waals surface area (Å²) in [4.78, 5) is 16.9. The molecule has 1 saturated heterocycles. The lowest BCUT2D eigenvalue weighted by Crippen LogP contribution is -2.51. The number of amides is 2. The molecule has 1 aromatic heterocycles. The molecule has 2 heterocycles. The highest BCUT2D eigenvalue weighted by molar-refractivity contribution is 5.88. The summed E-state index contributed by atoms with van der Waals surface area (Å²) in [6.07, 6.45) is 2.77. The number of hydrogen-bond acceptors (Lipinski definition) is 3. The molecule has 1 aliphatic heterocycles. The van der Waals surface area contributed by atoms with E-state index in [0.29, 0.717) is 17.9 Å². The number of likely N-dealkylation sites (tertiary alicyclic amines) is 1. The molecule has 1 N–H and O–H groups in total. The molecular formula is C17H31N5O. The maximum Gasteiger partial charge on any atom is 0.323 e. The Bertz CT molecular complexity index is 513. The lowest BCUT2D eigenvalue weighted by molar-refractivity contribution is 0.101. The highest BCUT2D eigenvalue weighted by atomic mass is 16.2. The molecule has 2 amide bonds. The molecule has 0 radical (unpaired) electrons. The van der Waals surface area contributed by atoms with E-state index < -0.39 is 0 Å². The molecule has 6 nitrogen and oxygen atoms in total. The van der Waals surface area contributed by atoms with E-state index in [-0.39, 0.29) is 6.03 Å². The Labute approximate surface area is 139 Å². The number of hydrogen-bond donors (Lipinski definition) is 1. The van der Waals surface area contributed by atoms with Gasteiger partial charge in [-0.25, -0.2) is 9.48 Å². The second kappa shape index (κ2) is 7.81. The number of urea groups is 1. The van der Waals surface area contributed by atoms with E-state index in [1.807, 2.05) is 22.7 Å². The standard InChI is InChI=1S/C17H31N5O/c1-6-21-10-8-15(14(4)12-21)20(5)17(23)19-16-7-9-18-22(16)11-13(2)3/h7,9,13-15H,6,8,10-12H2,1-5H3,(H,19,23)/t14-,15-/m1/s1. The van der Waals surface area contributed by atoms with Gasteiger partial charge in [-0.3, -0.25) is 5.32 Å². The molecule has 0 spiro atoms. The first-order valence-electron chi connectivity index (χ1n) is 8.70. The van der Waals surface area contributed by atoms with Crippen molar-refractivity contribution < 1.29 is 4.79 Å². The van der Waals surface area contributed by atoms with E-state index in [9.17, 15) is 4.79 Å². The fourth-order valence-electron chi connectivity index (χ4n) is 3.36. The Morgan fingerprint density at radius 1 is 1.52 bits per heavy atom. The third kappa shape index (κ3) is 4.47. The zero-order valence-corrected chi connectivity index (χ0v) is 15.1. The van der Waals surface area contributed by atoms with Crippen molar-refractivity contribution in [3.63, 3.8) is 0 Å². The first-order valence-corrected chi connectivity index (χ1v) is 8.70. The number of carbonyl (C=O) groups excluding carboxylic acids is 1. The fraction of sp³-hybridized carbons (Fsp3) is 0.765.